The number of aromatic amines is 1. The molecule has 0 fully saturated rings. The molecule has 0 aliphatic rings. The highest BCUT2D eigenvalue weighted by Crippen LogP contribution is 2.11. The molecule has 1 aromatic heterocycles. The lowest BCUT2D eigenvalue weighted by atomic mass is 10.2. The van der Waals surface area contributed by atoms with Gasteiger partial charge in [0.05, 0.1) is 6.33 Å². The second-order valence-electron chi connectivity index (χ2n) is 3.59. The van der Waals surface area contributed by atoms with Crippen LogP contribution >= 0.6 is 0 Å². The molecule has 6 N–H and O–H groups in total. The molecule has 0 atom stereocenters. The molecule has 0 bridgehead atoms. The number of hydrogen-bond donors (Lipinski definition) is 4. The number of nitrogen functional groups attached to an aromatic ring is 2. The standard InChI is InChI=1S/C11H13N5O/c12-8-3-1-2-7(4-8)5-14-10-9(13)11(17)16-6-15-10/h1-4,6H,5,12-13H2,(H2,14,15,16,17). The van der Waals surface area contributed by atoms with E-state index in [1.54, 1.807) is 0 Å². The molecule has 17 heavy (non-hydrogen) atoms. The molecule has 0 amide bonds. The van der Waals surface area contributed by atoms with E-state index in [1.807, 2.05) is 24.3 Å². The second kappa shape index (κ2) is 4.56. The number of nitrogens with zero attached hydrogens (tertiary/aromatic N) is 1. The third kappa shape index (κ3) is 2.54. The number of rotatable bonds is 3. The van der Waals surface area contributed by atoms with Crippen molar-refractivity contribution >= 4 is 17.2 Å². The van der Waals surface area contributed by atoms with Crippen LogP contribution in [0.1, 0.15) is 5.56 Å². The predicted octanol–water partition coefficient (Wildman–Crippen LogP) is 0.546. The zero-order chi connectivity index (χ0) is 12.3. The fourth-order valence-corrected chi connectivity index (χ4v) is 1.44. The van der Waals surface area contributed by atoms with Gasteiger partial charge in [-0.1, -0.05) is 12.1 Å². The van der Waals surface area contributed by atoms with Crippen molar-refractivity contribution in [2.75, 3.05) is 16.8 Å². The van der Waals surface area contributed by atoms with Crippen LogP contribution in [0.15, 0.2) is 35.4 Å². The molecule has 1 heterocycles. The number of H-pyrrole nitrogens is 1. The van der Waals surface area contributed by atoms with Crippen molar-refractivity contribution in [3.8, 4) is 0 Å². The summed E-state index contributed by atoms with van der Waals surface area (Å²) in [6.45, 7) is 0.506. The van der Waals surface area contributed by atoms with Crippen molar-refractivity contribution < 1.29 is 0 Å². The topological polar surface area (TPSA) is 110 Å². The number of anilines is 3. The van der Waals surface area contributed by atoms with E-state index in [0.717, 1.165) is 5.56 Å². The van der Waals surface area contributed by atoms with E-state index in [2.05, 4.69) is 15.3 Å². The van der Waals surface area contributed by atoms with Crippen molar-refractivity contribution in [2.45, 2.75) is 6.54 Å². The van der Waals surface area contributed by atoms with Gasteiger partial charge >= 0.3 is 0 Å². The molecule has 2 aromatic rings. The van der Waals surface area contributed by atoms with E-state index < -0.39 is 0 Å². The van der Waals surface area contributed by atoms with E-state index in [4.69, 9.17) is 11.5 Å². The summed E-state index contributed by atoms with van der Waals surface area (Å²) in [6, 6.07) is 7.44. The monoisotopic (exact) mass is 231 g/mol. The maximum absolute atomic E-state index is 11.2. The van der Waals surface area contributed by atoms with Crippen LogP contribution in [-0.2, 0) is 6.54 Å². The summed E-state index contributed by atoms with van der Waals surface area (Å²) < 4.78 is 0. The molecule has 0 aliphatic carbocycles. The molecule has 88 valence electrons. The summed E-state index contributed by atoms with van der Waals surface area (Å²) in [7, 11) is 0. The summed E-state index contributed by atoms with van der Waals surface area (Å²) in [6.07, 6.45) is 1.31. The van der Waals surface area contributed by atoms with Crippen molar-refractivity contribution in [3.63, 3.8) is 0 Å². The van der Waals surface area contributed by atoms with Gasteiger partial charge in [0.2, 0.25) is 0 Å². The first-order valence-corrected chi connectivity index (χ1v) is 5.08. The van der Waals surface area contributed by atoms with Gasteiger partial charge in [-0.15, -0.1) is 0 Å². The van der Waals surface area contributed by atoms with Gasteiger partial charge in [-0.05, 0) is 17.7 Å². The third-order valence-electron chi connectivity index (χ3n) is 2.30. The molecule has 2 rings (SSSR count). The summed E-state index contributed by atoms with van der Waals surface area (Å²) in [5, 5.41) is 2.99. The van der Waals surface area contributed by atoms with Crippen molar-refractivity contribution in [2.24, 2.45) is 0 Å². The van der Waals surface area contributed by atoms with Crippen LogP contribution in [0.4, 0.5) is 17.2 Å². The lowest BCUT2D eigenvalue weighted by molar-refractivity contribution is 1.07. The maximum atomic E-state index is 11.2. The zero-order valence-electron chi connectivity index (χ0n) is 9.10. The molecule has 0 saturated heterocycles. The van der Waals surface area contributed by atoms with Crippen LogP contribution < -0.4 is 22.3 Å². The summed E-state index contributed by atoms with van der Waals surface area (Å²) in [4.78, 5) is 17.6. The first kappa shape index (κ1) is 11.0. The lowest BCUT2D eigenvalue weighted by Gasteiger charge is -2.07. The van der Waals surface area contributed by atoms with E-state index in [0.29, 0.717) is 18.1 Å². The normalized spacial score (nSPS) is 10.1. The predicted molar refractivity (Wildman–Crippen MR) is 67.5 cm³/mol. The smallest absolute Gasteiger partial charge is 0.276 e. The highest BCUT2D eigenvalue weighted by atomic mass is 16.1. The van der Waals surface area contributed by atoms with Gasteiger partial charge in [0.1, 0.15) is 5.69 Å². The Balaban J connectivity index is 2.13. The number of nitrogens with one attached hydrogen (secondary N) is 2. The Labute approximate surface area is 97.7 Å². The second-order valence-corrected chi connectivity index (χ2v) is 3.59. The van der Waals surface area contributed by atoms with E-state index >= 15 is 0 Å². The minimum absolute atomic E-state index is 0.0800. The van der Waals surface area contributed by atoms with E-state index in [9.17, 15) is 4.79 Å². The lowest BCUT2D eigenvalue weighted by Crippen LogP contribution is -2.16. The molecule has 0 spiro atoms. The molecular formula is C11H13N5O. The molecular weight excluding hydrogens is 218 g/mol. The fraction of sp³-hybridized carbons (Fsp3) is 0.0909. The third-order valence-corrected chi connectivity index (χ3v) is 2.30. The summed E-state index contributed by atoms with van der Waals surface area (Å²) in [5.41, 5.74) is 12.7. The van der Waals surface area contributed by atoms with E-state index in [1.165, 1.54) is 6.33 Å². The van der Waals surface area contributed by atoms with Crippen molar-refractivity contribution in [1.29, 1.82) is 0 Å². The van der Waals surface area contributed by atoms with E-state index in [-0.39, 0.29) is 11.2 Å². The van der Waals surface area contributed by atoms with Crippen LogP contribution in [0.5, 0.6) is 0 Å². The molecule has 0 unspecified atom stereocenters. The molecule has 1 aromatic carbocycles. The minimum atomic E-state index is -0.352. The zero-order valence-corrected chi connectivity index (χ0v) is 9.10. The summed E-state index contributed by atoms with van der Waals surface area (Å²) in [5.74, 6) is 0.371. The SMILES string of the molecule is Nc1cccc(CNc2nc[nH]c(=O)c2N)c1. The van der Waals surface area contributed by atoms with Gasteiger partial charge in [-0.25, -0.2) is 4.98 Å². The van der Waals surface area contributed by atoms with Crippen LogP contribution in [-0.4, -0.2) is 9.97 Å². The Kier molecular flexibility index (Phi) is 2.95. The van der Waals surface area contributed by atoms with Gasteiger partial charge in [0.25, 0.3) is 5.56 Å². The number of nitrogens with two attached hydrogens (primary N) is 2. The van der Waals surface area contributed by atoms with Crippen LogP contribution in [0.2, 0.25) is 0 Å². The average molecular weight is 231 g/mol. The molecule has 6 heteroatoms. The maximum Gasteiger partial charge on any atom is 0.276 e. The first-order valence-electron chi connectivity index (χ1n) is 5.08. The summed E-state index contributed by atoms with van der Waals surface area (Å²) >= 11 is 0. The minimum Gasteiger partial charge on any atom is -0.399 e. The van der Waals surface area contributed by atoms with Crippen molar-refractivity contribution in [3.05, 3.63) is 46.5 Å². The van der Waals surface area contributed by atoms with Crippen molar-refractivity contribution in [1.82, 2.24) is 9.97 Å². The Morgan fingerprint density at radius 2 is 2.18 bits per heavy atom. The average Bonchev–Trinajstić information content (AvgIpc) is 2.31. The fourth-order valence-electron chi connectivity index (χ4n) is 1.44. The Morgan fingerprint density at radius 1 is 1.35 bits per heavy atom. The Morgan fingerprint density at radius 3 is 2.94 bits per heavy atom. The van der Waals surface area contributed by atoms with Crippen LogP contribution in [0.3, 0.4) is 0 Å². The number of benzene rings is 1. The molecule has 6 nitrogen and oxygen atoms in total. The van der Waals surface area contributed by atoms with Gasteiger partial charge < -0.3 is 21.8 Å². The Hall–Kier alpha value is -2.50. The van der Waals surface area contributed by atoms with Gasteiger partial charge in [-0.2, -0.15) is 0 Å². The molecule has 0 saturated carbocycles. The Bertz CT molecular complexity index is 578. The van der Waals surface area contributed by atoms with Gasteiger partial charge in [0.15, 0.2) is 5.82 Å². The molecule has 0 radical (unpaired) electrons. The number of aromatic nitrogens is 2. The first-order chi connectivity index (χ1) is 8.16. The highest BCUT2D eigenvalue weighted by molar-refractivity contribution is 5.59. The largest absolute Gasteiger partial charge is 0.399 e. The van der Waals surface area contributed by atoms with Crippen LogP contribution in [0, 0.1) is 0 Å². The van der Waals surface area contributed by atoms with Gasteiger partial charge in [0, 0.05) is 12.2 Å². The molecule has 0 aliphatic heterocycles. The van der Waals surface area contributed by atoms with Gasteiger partial charge in [-0.3, -0.25) is 4.79 Å². The number of hydrogen-bond acceptors (Lipinski definition) is 5. The van der Waals surface area contributed by atoms with Crippen LogP contribution in [0.25, 0.3) is 0 Å². The quantitative estimate of drug-likeness (QED) is 0.576. The highest BCUT2D eigenvalue weighted by Gasteiger charge is 2.03.